The van der Waals surface area contributed by atoms with Crippen molar-refractivity contribution in [2.75, 3.05) is 13.1 Å². The van der Waals surface area contributed by atoms with E-state index in [0.29, 0.717) is 30.5 Å². The summed E-state index contributed by atoms with van der Waals surface area (Å²) >= 11 is 12.7. The van der Waals surface area contributed by atoms with E-state index in [4.69, 9.17) is 32.4 Å². The van der Waals surface area contributed by atoms with E-state index in [0.717, 1.165) is 31.2 Å². The normalized spacial score (nSPS) is 14.0. The zero-order valence-corrected chi connectivity index (χ0v) is 19.8. The number of amides is 1. The van der Waals surface area contributed by atoms with Crippen LogP contribution in [0, 0.1) is 5.82 Å². The number of rotatable bonds is 5. The van der Waals surface area contributed by atoms with Crippen LogP contribution >= 0.6 is 23.2 Å². The molecule has 1 saturated heterocycles. The second-order valence-corrected chi connectivity index (χ2v) is 8.98. The Morgan fingerprint density at radius 1 is 1.09 bits per heavy atom. The molecule has 0 aliphatic carbocycles. The maximum Gasteiger partial charge on any atom is 0.415 e. The predicted octanol–water partition coefficient (Wildman–Crippen LogP) is 6.77. The summed E-state index contributed by atoms with van der Waals surface area (Å²) in [4.78, 5) is 27.1. The standard InChI is InChI=1S/C25H24Cl2FNO4/c1-2-7-15-16-13-20(27)23(33-25(31)29-10-4-3-5-11-29)14-22(16)32-24(30)17(15)12-18-19(26)8-6-9-21(18)28/h6,8-9,13-14H,2-5,7,10-12H2,1H3. The van der Waals surface area contributed by atoms with Crippen molar-refractivity contribution in [3.05, 3.63) is 73.3 Å². The molecule has 0 saturated carbocycles. The van der Waals surface area contributed by atoms with Gasteiger partial charge in [-0.15, -0.1) is 0 Å². The minimum Gasteiger partial charge on any atom is -0.422 e. The zero-order valence-electron chi connectivity index (χ0n) is 18.3. The molecule has 0 spiro atoms. The molecule has 33 heavy (non-hydrogen) atoms. The van der Waals surface area contributed by atoms with E-state index in [2.05, 4.69) is 0 Å². The number of carbonyl (C=O) groups is 1. The van der Waals surface area contributed by atoms with E-state index < -0.39 is 17.5 Å². The van der Waals surface area contributed by atoms with Crippen LogP contribution in [0.25, 0.3) is 11.0 Å². The quantitative estimate of drug-likeness (QED) is 0.369. The average Bonchev–Trinajstić information content (AvgIpc) is 2.80. The van der Waals surface area contributed by atoms with Crippen molar-refractivity contribution in [2.24, 2.45) is 0 Å². The van der Waals surface area contributed by atoms with Gasteiger partial charge in [-0.05, 0) is 49.4 Å². The molecule has 5 nitrogen and oxygen atoms in total. The van der Waals surface area contributed by atoms with Crippen molar-refractivity contribution in [1.82, 2.24) is 4.90 Å². The van der Waals surface area contributed by atoms with Gasteiger partial charge in [0.1, 0.15) is 11.4 Å². The smallest absolute Gasteiger partial charge is 0.415 e. The molecule has 0 unspecified atom stereocenters. The van der Waals surface area contributed by atoms with Gasteiger partial charge in [-0.3, -0.25) is 0 Å². The van der Waals surface area contributed by atoms with Crippen LogP contribution in [0.4, 0.5) is 9.18 Å². The Bertz CT molecular complexity index is 1230. The summed E-state index contributed by atoms with van der Waals surface area (Å²) in [6.07, 6.45) is 3.80. The van der Waals surface area contributed by atoms with Gasteiger partial charge in [0, 0.05) is 47.1 Å². The molecule has 174 valence electrons. The maximum atomic E-state index is 14.4. The topological polar surface area (TPSA) is 59.8 Å². The van der Waals surface area contributed by atoms with Crippen LogP contribution in [0.1, 0.15) is 49.3 Å². The minimum atomic E-state index is -0.583. The fraction of sp³-hybridized carbons (Fsp3) is 0.360. The number of fused-ring (bicyclic) bond motifs is 1. The first kappa shape index (κ1) is 23.6. The summed E-state index contributed by atoms with van der Waals surface area (Å²) in [6.45, 7) is 3.26. The largest absolute Gasteiger partial charge is 0.422 e. The van der Waals surface area contributed by atoms with Crippen LogP contribution in [-0.2, 0) is 12.8 Å². The van der Waals surface area contributed by atoms with Crippen LogP contribution < -0.4 is 10.4 Å². The molecule has 0 N–H and O–H groups in total. The number of likely N-dealkylation sites (tertiary alicyclic amines) is 1. The van der Waals surface area contributed by atoms with Crippen molar-refractivity contribution in [3.63, 3.8) is 0 Å². The van der Waals surface area contributed by atoms with E-state index in [1.807, 2.05) is 6.92 Å². The van der Waals surface area contributed by atoms with Gasteiger partial charge >= 0.3 is 11.7 Å². The highest BCUT2D eigenvalue weighted by atomic mass is 35.5. The molecule has 2 heterocycles. The lowest BCUT2D eigenvalue weighted by molar-refractivity contribution is 0.142. The van der Waals surface area contributed by atoms with Crippen molar-refractivity contribution < 1.29 is 18.3 Å². The van der Waals surface area contributed by atoms with Crippen molar-refractivity contribution in [1.29, 1.82) is 0 Å². The number of nitrogens with zero attached hydrogens (tertiary/aromatic N) is 1. The second-order valence-electron chi connectivity index (χ2n) is 8.17. The molecule has 0 atom stereocenters. The number of piperidine rings is 1. The molecule has 3 aromatic rings. The third-order valence-electron chi connectivity index (χ3n) is 5.90. The van der Waals surface area contributed by atoms with Crippen LogP contribution in [0.3, 0.4) is 0 Å². The fourth-order valence-corrected chi connectivity index (χ4v) is 4.64. The molecule has 1 fully saturated rings. The minimum absolute atomic E-state index is 0.00241. The number of carbonyl (C=O) groups excluding carboxylic acids is 1. The lowest BCUT2D eigenvalue weighted by Gasteiger charge is -2.25. The van der Waals surface area contributed by atoms with E-state index >= 15 is 0 Å². The predicted molar refractivity (Wildman–Crippen MR) is 127 cm³/mol. The summed E-state index contributed by atoms with van der Waals surface area (Å²) in [6, 6.07) is 7.52. The van der Waals surface area contributed by atoms with E-state index in [1.54, 1.807) is 17.0 Å². The molecule has 8 heteroatoms. The highest BCUT2D eigenvalue weighted by Gasteiger charge is 2.22. The van der Waals surface area contributed by atoms with Gasteiger partial charge in [-0.2, -0.15) is 0 Å². The van der Waals surface area contributed by atoms with Crippen molar-refractivity contribution >= 4 is 40.3 Å². The lowest BCUT2D eigenvalue weighted by atomic mass is 9.95. The zero-order chi connectivity index (χ0) is 23.5. The number of halogens is 3. The van der Waals surface area contributed by atoms with Gasteiger partial charge in [-0.1, -0.05) is 42.6 Å². The van der Waals surface area contributed by atoms with E-state index in [-0.39, 0.29) is 33.4 Å². The summed E-state index contributed by atoms with van der Waals surface area (Å²) in [7, 11) is 0. The first-order valence-electron chi connectivity index (χ1n) is 11.1. The Morgan fingerprint density at radius 3 is 2.55 bits per heavy atom. The Kier molecular flexibility index (Phi) is 7.25. The number of benzene rings is 2. The van der Waals surface area contributed by atoms with Crippen LogP contribution in [0.2, 0.25) is 10.0 Å². The van der Waals surface area contributed by atoms with Gasteiger partial charge in [0.25, 0.3) is 0 Å². The Morgan fingerprint density at radius 2 is 1.85 bits per heavy atom. The SMILES string of the molecule is CCCc1c(Cc2c(F)cccc2Cl)c(=O)oc2cc(OC(=O)N3CCCCC3)c(Cl)cc12. The van der Waals surface area contributed by atoms with Gasteiger partial charge < -0.3 is 14.1 Å². The van der Waals surface area contributed by atoms with Gasteiger partial charge in [0.15, 0.2) is 5.75 Å². The third kappa shape index (κ3) is 5.02. The number of hydrogen-bond donors (Lipinski definition) is 0. The van der Waals surface area contributed by atoms with Gasteiger partial charge in [0.05, 0.1) is 5.02 Å². The first-order chi connectivity index (χ1) is 15.9. The molecule has 4 rings (SSSR count). The second kappa shape index (κ2) is 10.1. The third-order valence-corrected chi connectivity index (χ3v) is 6.55. The van der Waals surface area contributed by atoms with Gasteiger partial charge in [-0.25, -0.2) is 14.0 Å². The van der Waals surface area contributed by atoms with E-state index in [1.165, 1.54) is 18.2 Å². The summed E-state index contributed by atoms with van der Waals surface area (Å²) in [5, 5.41) is 1.10. The summed E-state index contributed by atoms with van der Waals surface area (Å²) < 4.78 is 25.5. The Labute approximate surface area is 201 Å². The highest BCUT2D eigenvalue weighted by Crippen LogP contribution is 2.34. The van der Waals surface area contributed by atoms with Gasteiger partial charge in [0.2, 0.25) is 0 Å². The molecule has 1 aliphatic heterocycles. The molecule has 1 aliphatic rings. The van der Waals surface area contributed by atoms with Crippen molar-refractivity contribution in [3.8, 4) is 5.75 Å². The number of hydrogen-bond acceptors (Lipinski definition) is 4. The maximum absolute atomic E-state index is 14.4. The van der Waals surface area contributed by atoms with Crippen LogP contribution in [0.15, 0.2) is 39.5 Å². The molecule has 1 aromatic heterocycles. The first-order valence-corrected chi connectivity index (χ1v) is 11.8. The summed E-state index contributed by atoms with van der Waals surface area (Å²) in [5.41, 5.74) is 0.976. The fourth-order valence-electron chi connectivity index (χ4n) is 4.21. The Hall–Kier alpha value is -2.57. The molecule has 0 radical (unpaired) electrons. The number of aryl methyl sites for hydroxylation is 1. The van der Waals surface area contributed by atoms with Crippen LogP contribution in [0.5, 0.6) is 5.75 Å². The average molecular weight is 492 g/mol. The number of ether oxygens (including phenoxy) is 1. The van der Waals surface area contributed by atoms with Crippen molar-refractivity contribution in [2.45, 2.75) is 45.4 Å². The molecular weight excluding hydrogens is 468 g/mol. The monoisotopic (exact) mass is 491 g/mol. The van der Waals surface area contributed by atoms with E-state index in [9.17, 15) is 14.0 Å². The molecule has 2 aromatic carbocycles. The summed E-state index contributed by atoms with van der Waals surface area (Å²) in [5.74, 6) is -0.349. The molecule has 0 bridgehead atoms. The van der Waals surface area contributed by atoms with Crippen LogP contribution in [-0.4, -0.2) is 24.1 Å². The Balaban J connectivity index is 1.75. The molecule has 1 amide bonds. The molecular formula is C25H24Cl2FNO4. The highest BCUT2D eigenvalue weighted by molar-refractivity contribution is 6.33. The lowest BCUT2D eigenvalue weighted by Crippen LogP contribution is -2.37.